The summed E-state index contributed by atoms with van der Waals surface area (Å²) in [6.07, 6.45) is 10.5. The first-order valence-electron chi connectivity index (χ1n) is 9.59. The second kappa shape index (κ2) is 7.99. The molecule has 128 valence electrons. The maximum Gasteiger partial charge on any atom is 0.100 e. The molecule has 0 unspecified atom stereocenters. The summed E-state index contributed by atoms with van der Waals surface area (Å²) in [5.41, 5.74) is 4.45. The third kappa shape index (κ3) is 4.08. The first-order chi connectivity index (χ1) is 11.7. The molecule has 3 rings (SSSR count). The van der Waals surface area contributed by atoms with E-state index in [-0.39, 0.29) is 0 Å². The predicted molar refractivity (Wildman–Crippen MR) is 101 cm³/mol. The Balaban J connectivity index is 1.55. The fourth-order valence-electron chi connectivity index (χ4n) is 4.23. The Labute approximate surface area is 147 Å². The van der Waals surface area contributed by atoms with Gasteiger partial charge in [-0.2, -0.15) is 5.26 Å². The molecule has 0 saturated heterocycles. The van der Waals surface area contributed by atoms with E-state index in [1.807, 2.05) is 13.0 Å². The highest BCUT2D eigenvalue weighted by atomic mass is 15.1. The Morgan fingerprint density at radius 3 is 2.67 bits per heavy atom. The maximum absolute atomic E-state index is 9.44. The molecule has 1 aromatic rings. The standard InChI is InChI=1S/C22H30N2/c1-17-6-8-19(9-7-17)10-13-24-14-11-20(12-15-24)21-5-3-4-18(2)22(21)16-23/h3-5,11,17,19H,6-10,12-15H2,1-2H3. The van der Waals surface area contributed by atoms with Gasteiger partial charge in [0.2, 0.25) is 0 Å². The van der Waals surface area contributed by atoms with Crippen LogP contribution in [0.5, 0.6) is 0 Å². The third-order valence-electron chi connectivity index (χ3n) is 6.01. The van der Waals surface area contributed by atoms with Gasteiger partial charge in [0.05, 0.1) is 5.56 Å². The Morgan fingerprint density at radius 1 is 1.21 bits per heavy atom. The van der Waals surface area contributed by atoms with Gasteiger partial charge in [-0.05, 0) is 54.8 Å². The summed E-state index contributed by atoms with van der Waals surface area (Å²) in [7, 11) is 0. The summed E-state index contributed by atoms with van der Waals surface area (Å²) in [5.74, 6) is 1.90. The van der Waals surface area contributed by atoms with Crippen molar-refractivity contribution in [3.63, 3.8) is 0 Å². The number of nitriles is 1. The van der Waals surface area contributed by atoms with Gasteiger partial charge in [-0.25, -0.2) is 0 Å². The van der Waals surface area contributed by atoms with Crippen molar-refractivity contribution in [1.29, 1.82) is 5.26 Å². The molecule has 1 saturated carbocycles. The molecule has 1 aromatic carbocycles. The van der Waals surface area contributed by atoms with Gasteiger partial charge in [0.25, 0.3) is 0 Å². The molecular weight excluding hydrogens is 292 g/mol. The highest BCUT2D eigenvalue weighted by Gasteiger charge is 2.20. The Hall–Kier alpha value is -1.59. The molecule has 1 heterocycles. The highest BCUT2D eigenvalue weighted by molar-refractivity contribution is 5.72. The van der Waals surface area contributed by atoms with E-state index in [0.717, 1.165) is 48.0 Å². The molecule has 0 amide bonds. The van der Waals surface area contributed by atoms with Crippen LogP contribution in [0.1, 0.15) is 62.1 Å². The smallest absolute Gasteiger partial charge is 0.100 e. The number of hydrogen-bond acceptors (Lipinski definition) is 2. The van der Waals surface area contributed by atoms with Gasteiger partial charge in [-0.3, -0.25) is 4.90 Å². The normalized spacial score (nSPS) is 25.1. The van der Waals surface area contributed by atoms with Crippen LogP contribution in [0.3, 0.4) is 0 Å². The minimum atomic E-state index is 0.855. The van der Waals surface area contributed by atoms with E-state index >= 15 is 0 Å². The van der Waals surface area contributed by atoms with Crippen LogP contribution in [0.25, 0.3) is 5.57 Å². The predicted octanol–water partition coefficient (Wildman–Crippen LogP) is 5.17. The monoisotopic (exact) mass is 322 g/mol. The molecule has 2 aliphatic rings. The lowest BCUT2D eigenvalue weighted by molar-refractivity contribution is 0.227. The van der Waals surface area contributed by atoms with Gasteiger partial charge in [0.1, 0.15) is 6.07 Å². The Bertz CT molecular complexity index is 630. The summed E-state index contributed by atoms with van der Waals surface area (Å²) < 4.78 is 0. The van der Waals surface area contributed by atoms with Crippen LogP contribution in [0.4, 0.5) is 0 Å². The van der Waals surface area contributed by atoms with Crippen molar-refractivity contribution in [1.82, 2.24) is 4.90 Å². The second-order valence-corrected chi connectivity index (χ2v) is 7.80. The summed E-state index contributed by atoms with van der Waals surface area (Å²) in [6, 6.07) is 8.60. The average Bonchev–Trinajstić information content (AvgIpc) is 2.61. The van der Waals surface area contributed by atoms with E-state index in [2.05, 4.69) is 36.1 Å². The minimum absolute atomic E-state index is 0.855. The Kier molecular flexibility index (Phi) is 5.74. The van der Waals surface area contributed by atoms with Crippen molar-refractivity contribution < 1.29 is 0 Å². The van der Waals surface area contributed by atoms with E-state index in [1.165, 1.54) is 44.2 Å². The van der Waals surface area contributed by atoms with Crippen molar-refractivity contribution in [2.24, 2.45) is 11.8 Å². The molecule has 0 spiro atoms. The zero-order valence-corrected chi connectivity index (χ0v) is 15.2. The van der Waals surface area contributed by atoms with Gasteiger partial charge in [0.15, 0.2) is 0 Å². The van der Waals surface area contributed by atoms with Gasteiger partial charge < -0.3 is 0 Å². The lowest BCUT2D eigenvalue weighted by atomic mass is 9.81. The lowest BCUT2D eigenvalue weighted by Gasteiger charge is -2.31. The van der Waals surface area contributed by atoms with E-state index in [9.17, 15) is 5.26 Å². The van der Waals surface area contributed by atoms with Crippen LogP contribution >= 0.6 is 0 Å². The molecule has 2 heteroatoms. The first kappa shape index (κ1) is 17.2. The highest BCUT2D eigenvalue weighted by Crippen LogP contribution is 2.31. The van der Waals surface area contributed by atoms with E-state index in [0.29, 0.717) is 0 Å². The van der Waals surface area contributed by atoms with Crippen molar-refractivity contribution in [3.05, 3.63) is 41.0 Å². The van der Waals surface area contributed by atoms with Crippen molar-refractivity contribution in [2.45, 2.75) is 52.4 Å². The van der Waals surface area contributed by atoms with E-state index in [4.69, 9.17) is 0 Å². The van der Waals surface area contributed by atoms with Gasteiger partial charge in [-0.15, -0.1) is 0 Å². The molecule has 0 atom stereocenters. The molecule has 0 aromatic heterocycles. The summed E-state index contributed by atoms with van der Waals surface area (Å²) in [5, 5.41) is 9.44. The van der Waals surface area contributed by atoms with Crippen molar-refractivity contribution in [2.75, 3.05) is 19.6 Å². The van der Waals surface area contributed by atoms with Crippen LogP contribution in [-0.4, -0.2) is 24.5 Å². The molecule has 0 bridgehead atoms. The van der Waals surface area contributed by atoms with Crippen LogP contribution in [0, 0.1) is 30.1 Å². The van der Waals surface area contributed by atoms with Crippen LogP contribution in [0.15, 0.2) is 24.3 Å². The van der Waals surface area contributed by atoms with Crippen molar-refractivity contribution in [3.8, 4) is 6.07 Å². The SMILES string of the molecule is Cc1cccc(C2=CCN(CCC3CCC(C)CC3)CC2)c1C#N. The molecule has 24 heavy (non-hydrogen) atoms. The summed E-state index contributed by atoms with van der Waals surface area (Å²) in [4.78, 5) is 2.59. The molecular formula is C22H30N2. The van der Waals surface area contributed by atoms with Gasteiger partial charge in [-0.1, -0.05) is 56.9 Å². The van der Waals surface area contributed by atoms with Crippen LogP contribution in [-0.2, 0) is 0 Å². The third-order valence-corrected chi connectivity index (χ3v) is 6.01. The number of rotatable bonds is 4. The zero-order chi connectivity index (χ0) is 16.9. The minimum Gasteiger partial charge on any atom is -0.299 e. The maximum atomic E-state index is 9.44. The second-order valence-electron chi connectivity index (χ2n) is 7.80. The fourth-order valence-corrected chi connectivity index (χ4v) is 4.23. The van der Waals surface area contributed by atoms with Crippen molar-refractivity contribution >= 4 is 5.57 Å². The molecule has 0 N–H and O–H groups in total. The number of benzene rings is 1. The number of hydrogen-bond donors (Lipinski definition) is 0. The molecule has 0 radical (unpaired) electrons. The van der Waals surface area contributed by atoms with Gasteiger partial charge in [0, 0.05) is 13.1 Å². The average molecular weight is 322 g/mol. The number of nitrogens with zero attached hydrogens (tertiary/aromatic N) is 2. The quantitative estimate of drug-likeness (QED) is 0.764. The largest absolute Gasteiger partial charge is 0.299 e. The molecule has 2 nitrogen and oxygen atoms in total. The van der Waals surface area contributed by atoms with E-state index in [1.54, 1.807) is 0 Å². The molecule has 1 fully saturated rings. The molecule has 1 aliphatic heterocycles. The van der Waals surface area contributed by atoms with Crippen LogP contribution < -0.4 is 0 Å². The fraction of sp³-hybridized carbons (Fsp3) is 0.591. The van der Waals surface area contributed by atoms with Crippen LogP contribution in [0.2, 0.25) is 0 Å². The number of aryl methyl sites for hydroxylation is 1. The lowest BCUT2D eigenvalue weighted by Crippen LogP contribution is -2.31. The topological polar surface area (TPSA) is 27.0 Å². The zero-order valence-electron chi connectivity index (χ0n) is 15.2. The van der Waals surface area contributed by atoms with Gasteiger partial charge >= 0.3 is 0 Å². The summed E-state index contributed by atoms with van der Waals surface area (Å²) >= 11 is 0. The molecule has 1 aliphatic carbocycles. The Morgan fingerprint density at radius 2 is 2.00 bits per heavy atom. The summed E-state index contributed by atoms with van der Waals surface area (Å²) in [6.45, 7) is 7.84. The van der Waals surface area contributed by atoms with E-state index < -0.39 is 0 Å². The first-order valence-corrected chi connectivity index (χ1v) is 9.59.